The van der Waals surface area contributed by atoms with E-state index in [9.17, 15) is 14.7 Å². The molecular formula is C24H28ClN3O3. The molecule has 2 aromatic carbocycles. The number of phenolic OH excluding ortho intramolecular Hbond substituents is 1. The molecule has 0 aromatic heterocycles. The number of anilines is 1. The Morgan fingerprint density at radius 2 is 1.97 bits per heavy atom. The van der Waals surface area contributed by atoms with Crippen LogP contribution in [0.15, 0.2) is 49.1 Å². The summed E-state index contributed by atoms with van der Waals surface area (Å²) >= 11 is 6.29. The number of rotatable bonds is 6. The number of carbonyl (C=O) groups excluding carboxylic acids is 2. The molecule has 0 spiro atoms. The van der Waals surface area contributed by atoms with Crippen molar-refractivity contribution >= 4 is 29.1 Å². The summed E-state index contributed by atoms with van der Waals surface area (Å²) in [5.41, 5.74) is 2.81. The molecule has 0 radical (unpaired) electrons. The Labute approximate surface area is 187 Å². The molecule has 0 atom stereocenters. The normalized spacial score (nSPS) is 14.0. The van der Waals surface area contributed by atoms with E-state index in [1.54, 1.807) is 17.0 Å². The average Bonchev–Trinajstić information content (AvgIpc) is 2.68. The fourth-order valence-electron chi connectivity index (χ4n) is 3.45. The number of amides is 2. The van der Waals surface area contributed by atoms with Crippen LogP contribution in [0.1, 0.15) is 42.3 Å². The molecule has 6 nitrogen and oxygen atoms in total. The molecule has 0 saturated carbocycles. The first-order valence-electron chi connectivity index (χ1n) is 10.2. The number of nitrogens with one attached hydrogen (secondary N) is 2. The van der Waals surface area contributed by atoms with E-state index in [0.717, 1.165) is 11.1 Å². The van der Waals surface area contributed by atoms with Crippen molar-refractivity contribution in [2.75, 3.05) is 18.4 Å². The topological polar surface area (TPSA) is 81.7 Å². The van der Waals surface area contributed by atoms with Crippen LogP contribution in [0.4, 0.5) is 5.69 Å². The molecule has 1 aliphatic rings. The number of carbonyl (C=O) groups is 2. The highest BCUT2D eigenvalue weighted by Crippen LogP contribution is 2.37. The number of halogens is 1. The summed E-state index contributed by atoms with van der Waals surface area (Å²) in [6.45, 7) is 11.1. The first kappa shape index (κ1) is 22.7. The standard InChI is InChI=1S/C24H28ClN3O3/c1-5-22(30)28-13-17(14-28)27-23(31)16-8-6-7-15(9-16)12-26-20-10-18(24(2,3)4)19(25)11-21(20)29/h5-11,17,26,29H,1,12-14H2,2-4H3,(H,27,31). The van der Waals surface area contributed by atoms with Gasteiger partial charge < -0.3 is 20.6 Å². The van der Waals surface area contributed by atoms with E-state index in [1.165, 1.54) is 6.08 Å². The smallest absolute Gasteiger partial charge is 0.251 e. The van der Waals surface area contributed by atoms with Crippen molar-refractivity contribution < 1.29 is 14.7 Å². The highest BCUT2D eigenvalue weighted by molar-refractivity contribution is 6.31. The summed E-state index contributed by atoms with van der Waals surface area (Å²) in [6, 6.07) is 10.7. The van der Waals surface area contributed by atoms with E-state index < -0.39 is 0 Å². The Balaban J connectivity index is 1.63. The van der Waals surface area contributed by atoms with Crippen molar-refractivity contribution in [2.45, 2.75) is 38.8 Å². The molecule has 7 heteroatoms. The minimum Gasteiger partial charge on any atom is -0.506 e. The zero-order valence-corrected chi connectivity index (χ0v) is 18.8. The van der Waals surface area contributed by atoms with Crippen LogP contribution in [0.25, 0.3) is 0 Å². The van der Waals surface area contributed by atoms with Crippen molar-refractivity contribution in [2.24, 2.45) is 0 Å². The lowest BCUT2D eigenvalue weighted by molar-refractivity contribution is -0.130. The van der Waals surface area contributed by atoms with E-state index in [1.807, 2.05) is 24.3 Å². The number of hydrogen-bond acceptors (Lipinski definition) is 4. The summed E-state index contributed by atoms with van der Waals surface area (Å²) in [7, 11) is 0. The van der Waals surface area contributed by atoms with E-state index in [4.69, 9.17) is 11.6 Å². The van der Waals surface area contributed by atoms with Crippen LogP contribution in [-0.2, 0) is 16.8 Å². The molecule has 2 amide bonds. The van der Waals surface area contributed by atoms with Gasteiger partial charge >= 0.3 is 0 Å². The molecule has 0 aliphatic carbocycles. The molecule has 1 saturated heterocycles. The lowest BCUT2D eigenvalue weighted by Crippen LogP contribution is -2.60. The van der Waals surface area contributed by atoms with Gasteiger partial charge in [-0.1, -0.05) is 51.1 Å². The molecule has 1 aliphatic heterocycles. The SMILES string of the molecule is C=CC(=O)N1CC(NC(=O)c2cccc(CNc3cc(C(C)(C)C)c(Cl)cc3O)c2)C1. The summed E-state index contributed by atoms with van der Waals surface area (Å²) < 4.78 is 0. The molecule has 3 N–H and O–H groups in total. The van der Waals surface area contributed by atoms with Crippen LogP contribution in [-0.4, -0.2) is 41.0 Å². The lowest BCUT2D eigenvalue weighted by Gasteiger charge is -2.38. The lowest BCUT2D eigenvalue weighted by atomic mass is 9.86. The molecule has 0 bridgehead atoms. The van der Waals surface area contributed by atoms with E-state index in [2.05, 4.69) is 38.0 Å². The average molecular weight is 442 g/mol. The van der Waals surface area contributed by atoms with Gasteiger partial charge in [0.25, 0.3) is 5.91 Å². The van der Waals surface area contributed by atoms with Gasteiger partial charge in [0.2, 0.25) is 5.91 Å². The van der Waals surface area contributed by atoms with Gasteiger partial charge in [0, 0.05) is 36.3 Å². The predicted molar refractivity (Wildman–Crippen MR) is 124 cm³/mol. The second-order valence-corrected chi connectivity index (χ2v) is 9.18. The number of hydrogen-bond donors (Lipinski definition) is 3. The maximum Gasteiger partial charge on any atom is 0.251 e. The molecule has 0 unspecified atom stereocenters. The number of aromatic hydroxyl groups is 1. The van der Waals surface area contributed by atoms with Gasteiger partial charge in [-0.2, -0.15) is 0 Å². The summed E-state index contributed by atoms with van der Waals surface area (Å²) in [6.07, 6.45) is 1.28. The third kappa shape index (κ3) is 5.39. The Bertz CT molecular complexity index is 1010. The minimum atomic E-state index is -0.179. The Kier molecular flexibility index (Phi) is 6.60. The fraction of sp³-hybridized carbons (Fsp3) is 0.333. The molecular weight excluding hydrogens is 414 g/mol. The monoisotopic (exact) mass is 441 g/mol. The maximum atomic E-state index is 12.6. The fourth-order valence-corrected chi connectivity index (χ4v) is 3.89. The van der Waals surface area contributed by atoms with E-state index in [-0.39, 0.29) is 29.0 Å². The van der Waals surface area contributed by atoms with Gasteiger partial charge in [0.15, 0.2) is 0 Å². The van der Waals surface area contributed by atoms with Crippen molar-refractivity contribution in [1.29, 1.82) is 0 Å². The zero-order valence-electron chi connectivity index (χ0n) is 18.0. The van der Waals surface area contributed by atoms with Crippen molar-refractivity contribution in [1.82, 2.24) is 10.2 Å². The molecule has 1 fully saturated rings. The second-order valence-electron chi connectivity index (χ2n) is 8.77. The summed E-state index contributed by atoms with van der Waals surface area (Å²) in [4.78, 5) is 25.7. The van der Waals surface area contributed by atoms with Crippen LogP contribution in [0.2, 0.25) is 5.02 Å². The number of benzene rings is 2. The molecule has 2 aromatic rings. The van der Waals surface area contributed by atoms with Crippen LogP contribution >= 0.6 is 11.6 Å². The van der Waals surface area contributed by atoms with Crippen LogP contribution in [0.5, 0.6) is 5.75 Å². The van der Waals surface area contributed by atoms with Gasteiger partial charge in [-0.25, -0.2) is 0 Å². The Hall–Kier alpha value is -2.99. The Morgan fingerprint density at radius 1 is 1.26 bits per heavy atom. The quantitative estimate of drug-likeness (QED) is 0.466. The van der Waals surface area contributed by atoms with Crippen molar-refractivity contribution in [3.05, 3.63) is 70.8 Å². The maximum absolute atomic E-state index is 12.6. The first-order chi connectivity index (χ1) is 14.6. The minimum absolute atomic E-state index is 0.0555. The van der Waals surface area contributed by atoms with Gasteiger partial charge in [0.1, 0.15) is 5.75 Å². The van der Waals surface area contributed by atoms with Crippen LogP contribution in [0, 0.1) is 0 Å². The van der Waals surface area contributed by atoms with E-state index >= 15 is 0 Å². The van der Waals surface area contributed by atoms with Gasteiger partial charge in [0.05, 0.1) is 11.7 Å². The summed E-state index contributed by atoms with van der Waals surface area (Å²) in [5, 5.41) is 17.0. The number of nitrogens with zero attached hydrogens (tertiary/aromatic N) is 1. The van der Waals surface area contributed by atoms with E-state index in [0.29, 0.717) is 35.9 Å². The van der Waals surface area contributed by atoms with Crippen LogP contribution < -0.4 is 10.6 Å². The van der Waals surface area contributed by atoms with Crippen molar-refractivity contribution in [3.63, 3.8) is 0 Å². The van der Waals surface area contributed by atoms with Crippen LogP contribution in [0.3, 0.4) is 0 Å². The summed E-state index contributed by atoms with van der Waals surface area (Å²) in [5.74, 6) is -0.226. The van der Waals surface area contributed by atoms with Crippen molar-refractivity contribution in [3.8, 4) is 5.75 Å². The molecule has 31 heavy (non-hydrogen) atoms. The largest absolute Gasteiger partial charge is 0.506 e. The predicted octanol–water partition coefficient (Wildman–Crippen LogP) is 4.08. The third-order valence-corrected chi connectivity index (χ3v) is 5.58. The zero-order chi connectivity index (χ0) is 22.8. The van der Waals surface area contributed by atoms with Gasteiger partial charge in [-0.15, -0.1) is 0 Å². The van der Waals surface area contributed by atoms with Gasteiger partial charge in [-0.05, 0) is 40.8 Å². The molecule has 3 rings (SSSR count). The third-order valence-electron chi connectivity index (χ3n) is 5.27. The highest BCUT2D eigenvalue weighted by atomic mass is 35.5. The first-order valence-corrected chi connectivity index (χ1v) is 10.5. The number of phenols is 1. The highest BCUT2D eigenvalue weighted by Gasteiger charge is 2.30. The number of likely N-dealkylation sites (tertiary alicyclic amines) is 1. The van der Waals surface area contributed by atoms with Gasteiger partial charge in [-0.3, -0.25) is 9.59 Å². The molecule has 1 heterocycles. The second kappa shape index (κ2) is 9.02. The Morgan fingerprint density at radius 3 is 2.61 bits per heavy atom. The molecule has 164 valence electrons.